The van der Waals surface area contributed by atoms with Crippen molar-refractivity contribution in [2.24, 2.45) is 0 Å². The van der Waals surface area contributed by atoms with E-state index >= 15 is 0 Å². The van der Waals surface area contributed by atoms with Crippen LogP contribution in [-0.2, 0) is 16.1 Å². The van der Waals surface area contributed by atoms with E-state index in [0.717, 1.165) is 0 Å². The molecule has 2 aromatic heterocycles. The smallest absolute Gasteiger partial charge is 0.307 e. The molecule has 0 aliphatic heterocycles. The van der Waals surface area contributed by atoms with Crippen LogP contribution < -0.4 is 5.32 Å². The minimum absolute atomic E-state index is 0.163. The van der Waals surface area contributed by atoms with Crippen LogP contribution in [0.25, 0.3) is 0 Å². The van der Waals surface area contributed by atoms with Crippen LogP contribution in [0.2, 0.25) is 0 Å². The first-order valence-electron chi connectivity index (χ1n) is 6.20. The second-order valence-electron chi connectivity index (χ2n) is 3.97. The minimum Gasteiger partial charge on any atom is -0.464 e. The first-order chi connectivity index (χ1) is 9.75. The first kappa shape index (κ1) is 14.3. The van der Waals surface area contributed by atoms with Gasteiger partial charge in [-0.3, -0.25) is 14.3 Å². The number of thiophene rings is 1. The molecule has 0 aliphatic rings. The fourth-order valence-corrected chi connectivity index (χ4v) is 2.17. The SMILES string of the molecule is O=C(CCNC(=O)c1cccs1)OCCn1cccn1. The van der Waals surface area contributed by atoms with Gasteiger partial charge in [0, 0.05) is 18.9 Å². The average molecular weight is 293 g/mol. The summed E-state index contributed by atoms with van der Waals surface area (Å²) in [6.45, 7) is 1.08. The van der Waals surface area contributed by atoms with Gasteiger partial charge in [-0.15, -0.1) is 11.3 Å². The zero-order chi connectivity index (χ0) is 14.2. The molecule has 1 N–H and O–H groups in total. The van der Waals surface area contributed by atoms with Gasteiger partial charge in [0.05, 0.1) is 17.8 Å². The molecule has 0 aromatic carbocycles. The van der Waals surface area contributed by atoms with Crippen molar-refractivity contribution in [3.05, 3.63) is 40.8 Å². The summed E-state index contributed by atoms with van der Waals surface area (Å²) < 4.78 is 6.73. The van der Waals surface area contributed by atoms with Crippen molar-refractivity contribution in [1.29, 1.82) is 0 Å². The molecule has 0 saturated heterocycles. The lowest BCUT2D eigenvalue weighted by Gasteiger charge is -2.06. The molecule has 0 spiro atoms. The van der Waals surface area contributed by atoms with Gasteiger partial charge in [-0.25, -0.2) is 0 Å². The Labute approximate surface area is 120 Å². The fraction of sp³-hybridized carbons (Fsp3) is 0.308. The topological polar surface area (TPSA) is 73.2 Å². The van der Waals surface area contributed by atoms with Gasteiger partial charge < -0.3 is 10.1 Å². The molecular weight excluding hydrogens is 278 g/mol. The maximum absolute atomic E-state index is 11.6. The van der Waals surface area contributed by atoms with E-state index in [0.29, 0.717) is 11.4 Å². The van der Waals surface area contributed by atoms with E-state index in [2.05, 4.69) is 10.4 Å². The van der Waals surface area contributed by atoms with E-state index in [1.54, 1.807) is 23.1 Å². The summed E-state index contributed by atoms with van der Waals surface area (Å²) in [5, 5.41) is 8.50. The number of carbonyl (C=O) groups excluding carboxylic acids is 2. The summed E-state index contributed by atoms with van der Waals surface area (Å²) in [5.74, 6) is -0.493. The average Bonchev–Trinajstić information content (AvgIpc) is 3.12. The number of hydrogen-bond acceptors (Lipinski definition) is 5. The summed E-state index contributed by atoms with van der Waals surface area (Å²) in [7, 11) is 0. The van der Waals surface area contributed by atoms with E-state index in [1.165, 1.54) is 11.3 Å². The zero-order valence-electron chi connectivity index (χ0n) is 10.8. The third-order valence-electron chi connectivity index (χ3n) is 2.50. The van der Waals surface area contributed by atoms with Crippen LogP contribution in [0.1, 0.15) is 16.1 Å². The van der Waals surface area contributed by atoms with Crippen LogP contribution in [0.15, 0.2) is 36.0 Å². The number of nitrogens with one attached hydrogen (secondary N) is 1. The van der Waals surface area contributed by atoms with Crippen LogP contribution in [0.4, 0.5) is 0 Å². The zero-order valence-corrected chi connectivity index (χ0v) is 11.6. The summed E-state index contributed by atoms with van der Waals surface area (Å²) in [6.07, 6.45) is 3.63. The first-order valence-corrected chi connectivity index (χ1v) is 7.08. The van der Waals surface area contributed by atoms with Gasteiger partial charge in [-0.2, -0.15) is 5.10 Å². The van der Waals surface area contributed by atoms with Gasteiger partial charge in [0.1, 0.15) is 6.61 Å². The van der Waals surface area contributed by atoms with Crippen LogP contribution in [0.3, 0.4) is 0 Å². The maximum atomic E-state index is 11.6. The number of nitrogens with zero attached hydrogens (tertiary/aromatic N) is 2. The molecule has 20 heavy (non-hydrogen) atoms. The Morgan fingerprint density at radius 3 is 3.00 bits per heavy atom. The number of aromatic nitrogens is 2. The molecule has 0 atom stereocenters. The number of ether oxygens (including phenoxy) is 1. The highest BCUT2D eigenvalue weighted by molar-refractivity contribution is 7.12. The molecule has 0 bridgehead atoms. The van der Waals surface area contributed by atoms with Crippen LogP contribution >= 0.6 is 11.3 Å². The summed E-state index contributed by atoms with van der Waals surface area (Å²) in [6, 6.07) is 5.35. The fourth-order valence-electron chi connectivity index (χ4n) is 1.53. The summed E-state index contributed by atoms with van der Waals surface area (Å²) >= 11 is 1.36. The molecular formula is C13H15N3O3S. The number of amides is 1. The predicted molar refractivity (Wildman–Crippen MR) is 74.5 cm³/mol. The Kier molecular flexibility index (Phi) is 5.31. The Morgan fingerprint density at radius 1 is 1.40 bits per heavy atom. The number of rotatable bonds is 7. The number of esters is 1. The van der Waals surface area contributed by atoms with Crippen LogP contribution in [0, 0.1) is 0 Å². The summed E-state index contributed by atoms with van der Waals surface area (Å²) in [4.78, 5) is 23.7. The lowest BCUT2D eigenvalue weighted by atomic mass is 10.4. The van der Waals surface area contributed by atoms with Gasteiger partial charge in [0.2, 0.25) is 0 Å². The molecule has 2 rings (SSSR count). The maximum Gasteiger partial charge on any atom is 0.307 e. The lowest BCUT2D eigenvalue weighted by Crippen LogP contribution is -2.26. The van der Waals surface area contributed by atoms with E-state index < -0.39 is 0 Å². The Hall–Kier alpha value is -2.15. The third-order valence-corrected chi connectivity index (χ3v) is 3.37. The van der Waals surface area contributed by atoms with Crippen molar-refractivity contribution in [3.8, 4) is 0 Å². The molecule has 6 nitrogen and oxygen atoms in total. The van der Waals surface area contributed by atoms with Crippen LogP contribution in [-0.4, -0.2) is 34.8 Å². The molecule has 0 radical (unpaired) electrons. The van der Waals surface area contributed by atoms with E-state index in [9.17, 15) is 9.59 Å². The molecule has 2 aromatic rings. The quantitative estimate of drug-likeness (QED) is 0.781. The van der Waals surface area contributed by atoms with E-state index in [4.69, 9.17) is 4.74 Å². The van der Waals surface area contributed by atoms with Gasteiger partial charge in [0.25, 0.3) is 5.91 Å². The molecule has 106 valence electrons. The normalized spacial score (nSPS) is 10.2. The molecule has 1 amide bonds. The second kappa shape index (κ2) is 7.44. The Bertz CT molecular complexity index is 537. The monoisotopic (exact) mass is 293 g/mol. The largest absolute Gasteiger partial charge is 0.464 e. The van der Waals surface area contributed by atoms with Crippen molar-refractivity contribution in [3.63, 3.8) is 0 Å². The van der Waals surface area contributed by atoms with Crippen molar-refractivity contribution in [2.75, 3.05) is 13.2 Å². The van der Waals surface area contributed by atoms with Crippen molar-refractivity contribution in [2.45, 2.75) is 13.0 Å². The highest BCUT2D eigenvalue weighted by Gasteiger charge is 2.07. The molecule has 0 unspecified atom stereocenters. The standard InChI is InChI=1S/C13H15N3O3S/c17-12(19-9-8-16-7-2-5-15-16)4-6-14-13(18)11-3-1-10-20-11/h1-3,5,7,10H,4,6,8-9H2,(H,14,18). The highest BCUT2D eigenvalue weighted by atomic mass is 32.1. The van der Waals surface area contributed by atoms with Gasteiger partial charge in [0.15, 0.2) is 0 Å². The molecule has 7 heteroatoms. The van der Waals surface area contributed by atoms with E-state index in [-0.39, 0.29) is 31.4 Å². The molecule has 0 aliphatic carbocycles. The number of carbonyl (C=O) groups is 2. The van der Waals surface area contributed by atoms with E-state index in [1.807, 2.05) is 17.5 Å². The third kappa shape index (κ3) is 4.51. The lowest BCUT2D eigenvalue weighted by molar-refractivity contribution is -0.143. The summed E-state index contributed by atoms with van der Waals surface area (Å²) in [5.41, 5.74) is 0. The Balaban J connectivity index is 1.57. The molecule has 0 saturated carbocycles. The van der Waals surface area contributed by atoms with Crippen LogP contribution in [0.5, 0.6) is 0 Å². The highest BCUT2D eigenvalue weighted by Crippen LogP contribution is 2.07. The van der Waals surface area contributed by atoms with Gasteiger partial charge in [-0.1, -0.05) is 6.07 Å². The second-order valence-corrected chi connectivity index (χ2v) is 4.92. The van der Waals surface area contributed by atoms with Crippen molar-refractivity contribution in [1.82, 2.24) is 15.1 Å². The van der Waals surface area contributed by atoms with Gasteiger partial charge >= 0.3 is 5.97 Å². The minimum atomic E-state index is -0.330. The van der Waals surface area contributed by atoms with Crippen molar-refractivity contribution >= 4 is 23.2 Å². The van der Waals surface area contributed by atoms with Crippen molar-refractivity contribution < 1.29 is 14.3 Å². The van der Waals surface area contributed by atoms with Gasteiger partial charge in [-0.05, 0) is 17.5 Å². The Morgan fingerprint density at radius 2 is 2.30 bits per heavy atom. The molecule has 0 fully saturated rings. The molecule has 2 heterocycles. The number of hydrogen-bond donors (Lipinski definition) is 1. The predicted octanol–water partition coefficient (Wildman–Crippen LogP) is 1.31.